The molecule has 2 aliphatic carbocycles. The summed E-state index contributed by atoms with van der Waals surface area (Å²) in [5.74, 6) is 0. The average molecular weight is 232 g/mol. The van der Waals surface area contributed by atoms with Crippen LogP contribution in [0.2, 0.25) is 0 Å². The third-order valence-electron chi connectivity index (χ3n) is 1.22. The summed E-state index contributed by atoms with van der Waals surface area (Å²) in [6, 6.07) is 8.48. The van der Waals surface area contributed by atoms with Crippen molar-refractivity contribution >= 4 is 24.0 Å². The standard InChI is InChI=1S/C6H4.HI.N2/c1-2-6-4-3-5(1)6;;1-2/h1-4H;1H;. The Morgan fingerprint density at radius 3 is 1.00 bits per heavy atom. The summed E-state index contributed by atoms with van der Waals surface area (Å²) in [5, 5.41) is 12.0. The van der Waals surface area contributed by atoms with Gasteiger partial charge in [0, 0.05) is 10.8 Å². The Bertz CT molecular complexity index is 181. The number of halogens is 1. The maximum absolute atomic E-state index is 6.00. The van der Waals surface area contributed by atoms with Crippen molar-refractivity contribution in [3.63, 3.8) is 0 Å². The monoisotopic (exact) mass is 232 g/mol. The molecule has 0 aromatic carbocycles. The zero-order valence-electron chi connectivity index (χ0n) is 4.61. The maximum atomic E-state index is 6.00. The predicted octanol–water partition coefficient (Wildman–Crippen LogP) is 2.32. The van der Waals surface area contributed by atoms with Gasteiger partial charge in [-0.1, -0.05) is 24.3 Å². The summed E-state index contributed by atoms with van der Waals surface area (Å²) < 4.78 is 0. The van der Waals surface area contributed by atoms with Gasteiger partial charge in [0.1, 0.15) is 0 Å². The minimum absolute atomic E-state index is 0. The largest absolute Gasteiger partial charge is 0.107 e. The van der Waals surface area contributed by atoms with Gasteiger partial charge < -0.3 is 0 Å². The van der Waals surface area contributed by atoms with E-state index >= 15 is 0 Å². The van der Waals surface area contributed by atoms with Crippen LogP contribution in [0.1, 0.15) is 0 Å². The SMILES string of the molecule is I.N#N.c1cc2ccc1-2. The van der Waals surface area contributed by atoms with E-state index in [2.05, 4.69) is 24.3 Å². The van der Waals surface area contributed by atoms with Gasteiger partial charge in [-0.25, -0.2) is 0 Å². The Balaban J connectivity index is 0.000000198. The molecule has 2 rings (SSSR count). The topological polar surface area (TPSA) is 47.6 Å². The molecule has 0 bridgehead atoms. The van der Waals surface area contributed by atoms with Crippen molar-refractivity contribution in [2.45, 2.75) is 0 Å². The number of benzene rings is 1. The van der Waals surface area contributed by atoms with Crippen LogP contribution in [0.3, 0.4) is 0 Å². The van der Waals surface area contributed by atoms with Crippen LogP contribution in [-0.2, 0) is 0 Å². The van der Waals surface area contributed by atoms with Crippen molar-refractivity contribution in [1.29, 1.82) is 10.8 Å². The molecule has 0 N–H and O–H groups in total. The molecule has 9 heavy (non-hydrogen) atoms. The molecular formula is C6H5IN2. The summed E-state index contributed by atoms with van der Waals surface area (Å²) in [7, 11) is 0. The van der Waals surface area contributed by atoms with E-state index in [9.17, 15) is 0 Å². The fraction of sp³-hybridized carbons (Fsp3) is 0. The van der Waals surface area contributed by atoms with E-state index in [4.69, 9.17) is 10.8 Å². The minimum Gasteiger partial charge on any atom is -0.107 e. The van der Waals surface area contributed by atoms with Crippen LogP contribution < -0.4 is 0 Å². The summed E-state index contributed by atoms with van der Waals surface area (Å²) >= 11 is 0. The van der Waals surface area contributed by atoms with Gasteiger partial charge in [0.05, 0.1) is 0 Å². The van der Waals surface area contributed by atoms with Crippen LogP contribution in [-0.4, -0.2) is 0 Å². The van der Waals surface area contributed by atoms with Crippen molar-refractivity contribution in [2.75, 3.05) is 0 Å². The first-order valence-corrected chi connectivity index (χ1v) is 2.27. The van der Waals surface area contributed by atoms with Gasteiger partial charge in [0.25, 0.3) is 0 Å². The highest BCUT2D eigenvalue weighted by Crippen LogP contribution is 2.29. The van der Waals surface area contributed by atoms with E-state index in [-0.39, 0.29) is 24.0 Å². The smallest absolute Gasteiger partial charge is 0 e. The molecule has 0 aliphatic heterocycles. The normalized spacial score (nSPS) is 7.78. The molecule has 46 valence electrons. The first-order valence-electron chi connectivity index (χ1n) is 2.27. The van der Waals surface area contributed by atoms with E-state index in [1.54, 1.807) is 0 Å². The molecule has 3 heteroatoms. The van der Waals surface area contributed by atoms with E-state index in [0.717, 1.165) is 0 Å². The van der Waals surface area contributed by atoms with Crippen LogP contribution in [0.4, 0.5) is 0 Å². The lowest BCUT2D eigenvalue weighted by atomic mass is 9.95. The molecule has 0 unspecified atom stereocenters. The van der Waals surface area contributed by atoms with E-state index < -0.39 is 0 Å². The highest BCUT2D eigenvalue weighted by atomic mass is 127. The Morgan fingerprint density at radius 1 is 0.778 bits per heavy atom. The minimum atomic E-state index is 0. The lowest BCUT2D eigenvalue weighted by molar-refractivity contribution is 1.15. The van der Waals surface area contributed by atoms with Gasteiger partial charge in [-0.2, -0.15) is 0 Å². The van der Waals surface area contributed by atoms with Crippen molar-refractivity contribution < 1.29 is 0 Å². The summed E-state index contributed by atoms with van der Waals surface area (Å²) in [6.07, 6.45) is 0. The summed E-state index contributed by atoms with van der Waals surface area (Å²) in [4.78, 5) is 0. The zero-order chi connectivity index (χ0) is 5.98. The van der Waals surface area contributed by atoms with Crippen molar-refractivity contribution in [3.8, 4) is 11.1 Å². The van der Waals surface area contributed by atoms with E-state index in [1.807, 2.05) is 0 Å². The van der Waals surface area contributed by atoms with Crippen molar-refractivity contribution in [3.05, 3.63) is 24.3 Å². The molecule has 0 radical (unpaired) electrons. The second-order valence-corrected chi connectivity index (χ2v) is 1.58. The van der Waals surface area contributed by atoms with Gasteiger partial charge in [0.2, 0.25) is 0 Å². The lowest BCUT2D eigenvalue weighted by Crippen LogP contribution is -1.85. The molecule has 2 nitrogen and oxygen atoms in total. The quantitative estimate of drug-likeness (QED) is 0.516. The third-order valence-corrected chi connectivity index (χ3v) is 1.22. The molecule has 0 fully saturated rings. The molecule has 0 aromatic heterocycles. The maximum Gasteiger partial charge on any atom is 0 e. The highest BCUT2D eigenvalue weighted by molar-refractivity contribution is 14.0. The van der Waals surface area contributed by atoms with Crippen LogP contribution >= 0.6 is 24.0 Å². The number of hydrogen-bond donors (Lipinski definition) is 0. The van der Waals surface area contributed by atoms with Crippen LogP contribution in [0.15, 0.2) is 24.3 Å². The second kappa shape index (κ2) is 3.41. The Hall–Kier alpha value is -0.630. The number of hydrogen-bond acceptors (Lipinski definition) is 2. The molecule has 0 aromatic rings. The van der Waals surface area contributed by atoms with Gasteiger partial charge in [0.15, 0.2) is 0 Å². The molecule has 0 saturated carbocycles. The molecular weight excluding hydrogens is 227 g/mol. The molecule has 0 spiro atoms. The summed E-state index contributed by atoms with van der Waals surface area (Å²) in [6.45, 7) is 0. The van der Waals surface area contributed by atoms with Crippen molar-refractivity contribution in [2.24, 2.45) is 0 Å². The first-order chi connectivity index (χ1) is 3.97. The number of rotatable bonds is 0. The van der Waals surface area contributed by atoms with E-state index in [0.29, 0.717) is 0 Å². The van der Waals surface area contributed by atoms with Crippen LogP contribution in [0.5, 0.6) is 0 Å². The fourth-order valence-corrected chi connectivity index (χ4v) is 0.663. The molecule has 0 saturated heterocycles. The van der Waals surface area contributed by atoms with E-state index in [1.165, 1.54) is 11.1 Å². The number of nitrogens with zero attached hydrogens (tertiary/aromatic N) is 2. The Labute approximate surface area is 70.3 Å². The lowest BCUT2D eigenvalue weighted by Gasteiger charge is -2.10. The Kier molecular flexibility index (Phi) is 3.17. The third kappa shape index (κ3) is 1.19. The molecule has 2 aliphatic rings. The fourth-order valence-electron chi connectivity index (χ4n) is 0.663. The molecule has 0 atom stereocenters. The van der Waals surface area contributed by atoms with Crippen LogP contribution in [0, 0.1) is 10.8 Å². The first kappa shape index (κ1) is 8.37. The highest BCUT2D eigenvalue weighted by Gasteiger charge is 2.03. The van der Waals surface area contributed by atoms with Gasteiger partial charge in [-0.15, -0.1) is 24.0 Å². The zero-order valence-corrected chi connectivity index (χ0v) is 6.94. The van der Waals surface area contributed by atoms with Gasteiger partial charge in [-0.05, 0) is 11.1 Å². The molecule has 0 heterocycles. The van der Waals surface area contributed by atoms with Crippen LogP contribution in [0.25, 0.3) is 11.1 Å². The van der Waals surface area contributed by atoms with Crippen molar-refractivity contribution in [1.82, 2.24) is 0 Å². The predicted molar refractivity (Wildman–Crippen MR) is 44.3 cm³/mol. The Morgan fingerprint density at radius 2 is 1.00 bits per heavy atom. The second-order valence-electron chi connectivity index (χ2n) is 1.58. The summed E-state index contributed by atoms with van der Waals surface area (Å²) in [5.41, 5.74) is 2.85. The number of fused-ring (bicyclic) bond motifs is 1. The van der Waals surface area contributed by atoms with Gasteiger partial charge in [-0.3, -0.25) is 0 Å². The molecule has 0 amide bonds. The average Bonchev–Trinajstić information content (AvgIpc) is 1.83. The van der Waals surface area contributed by atoms with Gasteiger partial charge >= 0.3 is 0 Å².